The Hall–Kier alpha value is -1.81. The van der Waals surface area contributed by atoms with Crippen molar-refractivity contribution < 1.29 is 4.74 Å². The zero-order valence-electron chi connectivity index (χ0n) is 14.1. The summed E-state index contributed by atoms with van der Waals surface area (Å²) in [7, 11) is 0. The van der Waals surface area contributed by atoms with E-state index in [1.165, 1.54) is 36.1 Å². The lowest BCUT2D eigenvalue weighted by Gasteiger charge is -2.49. The quantitative estimate of drug-likeness (QED) is 0.621. The van der Waals surface area contributed by atoms with Crippen LogP contribution in [0.15, 0.2) is 58.1 Å². The Morgan fingerprint density at radius 3 is 2.64 bits per heavy atom. The van der Waals surface area contributed by atoms with Gasteiger partial charge in [0.05, 0.1) is 11.8 Å². The minimum atomic E-state index is -0.264. The average Bonchev–Trinajstić information content (AvgIpc) is 3.11. The summed E-state index contributed by atoms with van der Waals surface area (Å²) < 4.78 is 7.71. The zero-order chi connectivity index (χ0) is 16.9. The Kier molecular flexibility index (Phi) is 3.63. The molecule has 1 aliphatic carbocycles. The maximum atomic E-state index is 6.61. The lowest BCUT2D eigenvalue weighted by molar-refractivity contribution is -0.140. The van der Waals surface area contributed by atoms with E-state index in [1.807, 2.05) is 0 Å². The molecule has 3 nitrogen and oxygen atoms in total. The van der Waals surface area contributed by atoms with E-state index >= 15 is 0 Å². The standard InChI is InChI=1S/C21H21BrN2O/c22-16-9-10-20-17(13-16)19-14-18(15-7-3-1-4-8-15)23-24(19)21(25-20)11-5-2-6-12-21/h1,3-4,7-10,13,19H,2,5-6,11-12,14H2. The minimum Gasteiger partial charge on any atom is -0.466 e. The molecular formula is C21H21BrN2O. The molecule has 2 aromatic rings. The van der Waals surface area contributed by atoms with Gasteiger partial charge >= 0.3 is 0 Å². The Labute approximate surface area is 156 Å². The summed E-state index contributed by atoms with van der Waals surface area (Å²) in [5.74, 6) is 1.04. The van der Waals surface area contributed by atoms with E-state index in [9.17, 15) is 0 Å². The van der Waals surface area contributed by atoms with Crippen LogP contribution in [0.3, 0.4) is 0 Å². The van der Waals surface area contributed by atoms with Crippen LogP contribution in [0.5, 0.6) is 5.75 Å². The third kappa shape index (κ3) is 2.50. The van der Waals surface area contributed by atoms with Crippen molar-refractivity contribution in [2.75, 3.05) is 0 Å². The number of nitrogens with zero attached hydrogens (tertiary/aromatic N) is 2. The number of hydrogen-bond acceptors (Lipinski definition) is 3. The number of rotatable bonds is 1. The third-order valence-corrected chi connectivity index (χ3v) is 6.19. The Morgan fingerprint density at radius 2 is 1.84 bits per heavy atom. The van der Waals surface area contributed by atoms with Crippen LogP contribution in [0.4, 0.5) is 0 Å². The average molecular weight is 397 g/mol. The van der Waals surface area contributed by atoms with Crippen molar-refractivity contribution in [3.8, 4) is 5.75 Å². The first-order chi connectivity index (χ1) is 12.3. The van der Waals surface area contributed by atoms with Crippen LogP contribution >= 0.6 is 15.9 Å². The summed E-state index contributed by atoms with van der Waals surface area (Å²) in [6, 6.07) is 17.2. The van der Waals surface area contributed by atoms with Crippen LogP contribution in [0.1, 0.15) is 55.7 Å². The van der Waals surface area contributed by atoms with Gasteiger partial charge in [-0.3, -0.25) is 0 Å². The number of hydrazone groups is 1. The molecule has 1 saturated carbocycles. The first-order valence-corrected chi connectivity index (χ1v) is 9.95. The molecule has 5 rings (SSSR count). The maximum Gasteiger partial charge on any atom is 0.198 e. The van der Waals surface area contributed by atoms with Gasteiger partial charge in [0.15, 0.2) is 5.72 Å². The lowest BCUT2D eigenvalue weighted by atomic mass is 9.86. The largest absolute Gasteiger partial charge is 0.466 e. The predicted molar refractivity (Wildman–Crippen MR) is 103 cm³/mol. The number of ether oxygens (including phenoxy) is 1. The first kappa shape index (κ1) is 15.4. The Morgan fingerprint density at radius 1 is 1.04 bits per heavy atom. The Balaban J connectivity index is 1.61. The highest BCUT2D eigenvalue weighted by atomic mass is 79.9. The maximum absolute atomic E-state index is 6.61. The van der Waals surface area contributed by atoms with Gasteiger partial charge in [0.25, 0.3) is 0 Å². The Bertz CT molecular complexity index is 827. The molecule has 1 spiro atoms. The van der Waals surface area contributed by atoms with Crippen LogP contribution in [0.2, 0.25) is 0 Å². The van der Waals surface area contributed by atoms with Crippen molar-refractivity contribution in [3.63, 3.8) is 0 Å². The summed E-state index contributed by atoms with van der Waals surface area (Å²) >= 11 is 3.62. The second-order valence-electron chi connectivity index (χ2n) is 7.27. The molecule has 0 aromatic heterocycles. The zero-order valence-corrected chi connectivity index (χ0v) is 15.7. The van der Waals surface area contributed by atoms with Gasteiger partial charge in [-0.2, -0.15) is 5.10 Å². The van der Waals surface area contributed by atoms with E-state index in [-0.39, 0.29) is 11.8 Å². The van der Waals surface area contributed by atoms with Crippen molar-refractivity contribution >= 4 is 21.6 Å². The molecule has 1 atom stereocenters. The number of hydrogen-bond donors (Lipinski definition) is 0. The molecule has 3 aliphatic rings. The van der Waals surface area contributed by atoms with Crippen LogP contribution in [-0.4, -0.2) is 16.4 Å². The van der Waals surface area contributed by atoms with Crippen LogP contribution in [0, 0.1) is 0 Å². The van der Waals surface area contributed by atoms with Gasteiger partial charge in [0, 0.05) is 29.3 Å². The van der Waals surface area contributed by atoms with Gasteiger partial charge in [-0.05, 0) is 36.6 Å². The summed E-state index contributed by atoms with van der Waals surface area (Å²) in [5, 5.41) is 7.39. The third-order valence-electron chi connectivity index (χ3n) is 5.70. The fourth-order valence-corrected chi connectivity index (χ4v) is 4.87. The van der Waals surface area contributed by atoms with Crippen molar-refractivity contribution in [1.82, 2.24) is 5.01 Å². The molecule has 128 valence electrons. The molecule has 25 heavy (non-hydrogen) atoms. The van der Waals surface area contributed by atoms with Crippen molar-refractivity contribution in [2.24, 2.45) is 5.10 Å². The van der Waals surface area contributed by atoms with E-state index in [0.29, 0.717) is 0 Å². The van der Waals surface area contributed by atoms with E-state index < -0.39 is 0 Å². The van der Waals surface area contributed by atoms with Crippen LogP contribution < -0.4 is 4.74 Å². The van der Waals surface area contributed by atoms with E-state index in [4.69, 9.17) is 9.84 Å². The van der Waals surface area contributed by atoms with Crippen LogP contribution in [0.25, 0.3) is 0 Å². The SMILES string of the molecule is Brc1ccc2c(c1)C1CC(c3ccccc3)=NN1C1(CCCCC1)O2. The minimum absolute atomic E-state index is 0.264. The van der Waals surface area contributed by atoms with Gasteiger partial charge < -0.3 is 4.74 Å². The summed E-state index contributed by atoms with van der Waals surface area (Å²) in [4.78, 5) is 0. The van der Waals surface area contributed by atoms with Gasteiger partial charge in [-0.15, -0.1) is 0 Å². The summed E-state index contributed by atoms with van der Waals surface area (Å²) in [5.41, 5.74) is 3.38. The number of benzene rings is 2. The number of halogens is 1. The molecule has 4 heteroatoms. The van der Waals surface area contributed by atoms with E-state index in [1.54, 1.807) is 0 Å². The molecule has 0 N–H and O–H groups in total. The monoisotopic (exact) mass is 396 g/mol. The van der Waals surface area contributed by atoms with Crippen LogP contribution in [-0.2, 0) is 0 Å². The molecule has 1 fully saturated rings. The molecule has 0 saturated heterocycles. The summed E-state index contributed by atoms with van der Waals surface area (Å²) in [6.07, 6.45) is 6.79. The molecule has 1 unspecified atom stereocenters. The predicted octanol–water partition coefficient (Wildman–Crippen LogP) is 5.65. The van der Waals surface area contributed by atoms with E-state index in [2.05, 4.69) is 69.5 Å². The topological polar surface area (TPSA) is 24.8 Å². The fraction of sp³-hybridized carbons (Fsp3) is 0.381. The molecule has 2 aliphatic heterocycles. The van der Waals surface area contributed by atoms with Gasteiger partial charge in [0.1, 0.15) is 5.75 Å². The van der Waals surface area contributed by atoms with Gasteiger partial charge in [0.2, 0.25) is 0 Å². The summed E-state index contributed by atoms with van der Waals surface area (Å²) in [6.45, 7) is 0. The molecule has 0 amide bonds. The highest BCUT2D eigenvalue weighted by Crippen LogP contribution is 2.51. The van der Waals surface area contributed by atoms with Crippen molar-refractivity contribution in [2.45, 2.75) is 50.3 Å². The number of fused-ring (bicyclic) bond motifs is 4. The van der Waals surface area contributed by atoms with E-state index in [0.717, 1.165) is 29.5 Å². The normalized spacial score (nSPS) is 23.6. The van der Waals surface area contributed by atoms with Crippen molar-refractivity contribution in [1.29, 1.82) is 0 Å². The first-order valence-electron chi connectivity index (χ1n) is 9.16. The second-order valence-corrected chi connectivity index (χ2v) is 8.18. The molecule has 2 heterocycles. The highest BCUT2D eigenvalue weighted by molar-refractivity contribution is 9.10. The smallest absolute Gasteiger partial charge is 0.198 e. The van der Waals surface area contributed by atoms with Gasteiger partial charge in [-0.1, -0.05) is 52.7 Å². The molecular weight excluding hydrogens is 376 g/mol. The molecule has 0 bridgehead atoms. The lowest BCUT2D eigenvalue weighted by Crippen LogP contribution is -2.54. The fourth-order valence-electron chi connectivity index (χ4n) is 4.49. The van der Waals surface area contributed by atoms with Gasteiger partial charge in [-0.25, -0.2) is 5.01 Å². The molecule has 2 aromatic carbocycles. The second kappa shape index (κ2) is 5.87. The highest BCUT2D eigenvalue weighted by Gasteiger charge is 2.50. The van der Waals surface area contributed by atoms with Crippen molar-refractivity contribution in [3.05, 3.63) is 64.1 Å². The molecule has 0 radical (unpaired) electrons.